The molecular formula is C18H28N4O2. The third-order valence-electron chi connectivity index (χ3n) is 5.12. The Morgan fingerprint density at radius 2 is 1.75 bits per heavy atom. The summed E-state index contributed by atoms with van der Waals surface area (Å²) < 4.78 is 5.17. The molecule has 1 aromatic rings. The second-order valence-corrected chi connectivity index (χ2v) is 6.75. The van der Waals surface area contributed by atoms with Gasteiger partial charge in [-0.25, -0.2) is 4.98 Å². The van der Waals surface area contributed by atoms with E-state index in [0.717, 1.165) is 51.9 Å². The number of amides is 1. The number of rotatable bonds is 3. The Balaban J connectivity index is 1.54. The van der Waals surface area contributed by atoms with E-state index in [1.54, 1.807) is 19.4 Å². The fourth-order valence-electron chi connectivity index (χ4n) is 3.65. The summed E-state index contributed by atoms with van der Waals surface area (Å²) in [4.78, 5) is 25.8. The molecule has 3 rings (SSSR count). The normalized spacial score (nSPS) is 20.4. The van der Waals surface area contributed by atoms with Crippen LogP contribution in [0.3, 0.4) is 0 Å². The van der Waals surface area contributed by atoms with Crippen molar-refractivity contribution in [3.8, 4) is 5.88 Å². The van der Waals surface area contributed by atoms with Crippen LogP contribution in [-0.2, 0) is 4.79 Å². The molecule has 0 N–H and O–H groups in total. The maximum atomic E-state index is 12.8. The van der Waals surface area contributed by atoms with E-state index in [1.807, 2.05) is 0 Å². The first-order chi connectivity index (χ1) is 11.8. The Bertz CT molecular complexity index is 536. The average Bonchev–Trinajstić information content (AvgIpc) is 2.61. The fraction of sp³-hybridized carbons (Fsp3) is 0.722. The molecule has 2 fully saturated rings. The van der Waals surface area contributed by atoms with Crippen LogP contribution in [-0.4, -0.2) is 54.1 Å². The van der Waals surface area contributed by atoms with Gasteiger partial charge < -0.3 is 14.5 Å². The first-order valence-corrected chi connectivity index (χ1v) is 9.18. The van der Waals surface area contributed by atoms with E-state index in [0.29, 0.717) is 17.7 Å². The Morgan fingerprint density at radius 1 is 1.08 bits per heavy atom. The number of carbonyl (C=O) groups excluding carboxylic acids is 1. The molecule has 2 aliphatic heterocycles. The predicted molar refractivity (Wildman–Crippen MR) is 93.2 cm³/mol. The van der Waals surface area contributed by atoms with Crippen LogP contribution in [0.1, 0.15) is 44.9 Å². The number of nitrogens with zero attached hydrogens (tertiary/aromatic N) is 4. The molecule has 3 heterocycles. The van der Waals surface area contributed by atoms with Gasteiger partial charge in [-0.3, -0.25) is 4.79 Å². The van der Waals surface area contributed by atoms with Gasteiger partial charge in [0.15, 0.2) is 0 Å². The lowest BCUT2D eigenvalue weighted by molar-refractivity contribution is -0.136. The molecular weight excluding hydrogens is 304 g/mol. The first-order valence-electron chi connectivity index (χ1n) is 9.18. The zero-order valence-corrected chi connectivity index (χ0v) is 14.6. The molecule has 0 aliphatic carbocycles. The van der Waals surface area contributed by atoms with Gasteiger partial charge in [0.2, 0.25) is 17.7 Å². The summed E-state index contributed by atoms with van der Waals surface area (Å²) in [5.41, 5.74) is 0. The van der Waals surface area contributed by atoms with Crippen molar-refractivity contribution in [1.29, 1.82) is 0 Å². The van der Waals surface area contributed by atoms with Crippen LogP contribution < -0.4 is 9.64 Å². The molecule has 0 unspecified atom stereocenters. The highest BCUT2D eigenvalue weighted by atomic mass is 16.5. The zero-order chi connectivity index (χ0) is 16.8. The highest BCUT2D eigenvalue weighted by Crippen LogP contribution is 2.24. The Kier molecular flexibility index (Phi) is 5.88. The third kappa shape index (κ3) is 4.16. The van der Waals surface area contributed by atoms with E-state index in [9.17, 15) is 4.79 Å². The van der Waals surface area contributed by atoms with E-state index in [1.165, 1.54) is 19.3 Å². The number of hydrogen-bond acceptors (Lipinski definition) is 5. The summed E-state index contributed by atoms with van der Waals surface area (Å²) in [5.74, 6) is 1.81. The molecule has 1 aromatic heterocycles. The summed E-state index contributed by atoms with van der Waals surface area (Å²) in [7, 11) is 1.61. The minimum atomic E-state index is 0.159. The topological polar surface area (TPSA) is 58.6 Å². The highest BCUT2D eigenvalue weighted by Gasteiger charge is 2.29. The highest BCUT2D eigenvalue weighted by molar-refractivity contribution is 5.79. The van der Waals surface area contributed by atoms with Crippen LogP contribution in [0, 0.1) is 5.92 Å². The van der Waals surface area contributed by atoms with E-state index in [2.05, 4.69) is 19.8 Å². The second-order valence-electron chi connectivity index (χ2n) is 6.75. The number of likely N-dealkylation sites (tertiary alicyclic amines) is 1. The third-order valence-corrected chi connectivity index (χ3v) is 5.12. The molecule has 1 amide bonds. The summed E-state index contributed by atoms with van der Waals surface area (Å²) >= 11 is 0. The van der Waals surface area contributed by atoms with Crippen molar-refractivity contribution in [2.24, 2.45) is 5.92 Å². The fourth-order valence-corrected chi connectivity index (χ4v) is 3.65. The zero-order valence-electron chi connectivity index (χ0n) is 14.6. The van der Waals surface area contributed by atoms with Crippen molar-refractivity contribution in [3.63, 3.8) is 0 Å². The van der Waals surface area contributed by atoms with Gasteiger partial charge in [0.1, 0.15) is 0 Å². The second kappa shape index (κ2) is 8.31. The Morgan fingerprint density at radius 3 is 2.42 bits per heavy atom. The number of piperidine rings is 1. The Hall–Kier alpha value is -1.85. The van der Waals surface area contributed by atoms with Crippen molar-refractivity contribution in [3.05, 3.63) is 12.3 Å². The Labute approximate surface area is 144 Å². The minimum absolute atomic E-state index is 0.159. The van der Waals surface area contributed by atoms with E-state index in [4.69, 9.17) is 4.74 Å². The minimum Gasteiger partial charge on any atom is -0.481 e. The molecule has 0 atom stereocenters. The number of methoxy groups -OCH3 is 1. The summed E-state index contributed by atoms with van der Waals surface area (Å²) in [5, 5.41) is 0. The number of aromatic nitrogens is 2. The molecule has 2 saturated heterocycles. The van der Waals surface area contributed by atoms with Gasteiger partial charge in [-0.15, -0.1) is 0 Å². The van der Waals surface area contributed by atoms with Crippen LogP contribution in [0.25, 0.3) is 0 Å². The maximum absolute atomic E-state index is 12.8. The standard InChI is InChI=1S/C18H28N4O2/c1-24-16-7-10-19-18(20-16)22-13-8-15(9-14-22)17(23)21-11-5-3-2-4-6-12-21/h7,10,15H,2-6,8-9,11-14H2,1H3. The van der Waals surface area contributed by atoms with Gasteiger partial charge in [-0.1, -0.05) is 19.3 Å². The predicted octanol–water partition coefficient (Wildman–Crippen LogP) is 2.49. The van der Waals surface area contributed by atoms with Crippen molar-refractivity contribution in [2.45, 2.75) is 44.9 Å². The summed E-state index contributed by atoms with van der Waals surface area (Å²) in [6.45, 7) is 3.55. The van der Waals surface area contributed by atoms with Gasteiger partial charge in [0, 0.05) is 44.4 Å². The monoisotopic (exact) mass is 332 g/mol. The summed E-state index contributed by atoms with van der Waals surface area (Å²) in [6, 6.07) is 1.75. The van der Waals surface area contributed by atoms with Crippen molar-refractivity contribution in [2.75, 3.05) is 38.2 Å². The van der Waals surface area contributed by atoms with Crippen LogP contribution in [0.15, 0.2) is 12.3 Å². The molecule has 6 heteroatoms. The maximum Gasteiger partial charge on any atom is 0.228 e. The van der Waals surface area contributed by atoms with Crippen molar-refractivity contribution in [1.82, 2.24) is 14.9 Å². The van der Waals surface area contributed by atoms with Gasteiger partial charge in [0.25, 0.3) is 0 Å². The smallest absolute Gasteiger partial charge is 0.228 e. The first kappa shape index (κ1) is 17.0. The number of ether oxygens (including phenoxy) is 1. The lowest BCUT2D eigenvalue weighted by Crippen LogP contribution is -2.44. The average molecular weight is 332 g/mol. The molecule has 0 bridgehead atoms. The molecule has 2 aliphatic rings. The number of anilines is 1. The van der Waals surface area contributed by atoms with Gasteiger partial charge >= 0.3 is 0 Å². The van der Waals surface area contributed by atoms with Crippen LogP contribution in [0.2, 0.25) is 0 Å². The molecule has 0 spiro atoms. The molecule has 132 valence electrons. The number of carbonyl (C=O) groups is 1. The van der Waals surface area contributed by atoms with E-state index in [-0.39, 0.29) is 5.92 Å². The summed E-state index contributed by atoms with van der Waals surface area (Å²) in [6.07, 6.45) is 9.64. The van der Waals surface area contributed by atoms with E-state index >= 15 is 0 Å². The van der Waals surface area contributed by atoms with Crippen molar-refractivity contribution < 1.29 is 9.53 Å². The largest absolute Gasteiger partial charge is 0.481 e. The number of hydrogen-bond donors (Lipinski definition) is 0. The van der Waals surface area contributed by atoms with Gasteiger partial charge in [-0.05, 0) is 25.7 Å². The lowest BCUT2D eigenvalue weighted by Gasteiger charge is -2.34. The van der Waals surface area contributed by atoms with Gasteiger partial charge in [-0.2, -0.15) is 4.98 Å². The van der Waals surface area contributed by atoms with E-state index < -0.39 is 0 Å². The van der Waals surface area contributed by atoms with Crippen LogP contribution in [0.4, 0.5) is 5.95 Å². The quantitative estimate of drug-likeness (QED) is 0.851. The SMILES string of the molecule is COc1ccnc(N2CCC(C(=O)N3CCCCCCC3)CC2)n1. The van der Waals surface area contributed by atoms with Gasteiger partial charge in [0.05, 0.1) is 7.11 Å². The molecule has 6 nitrogen and oxygen atoms in total. The lowest BCUT2D eigenvalue weighted by atomic mass is 9.94. The van der Waals surface area contributed by atoms with Crippen LogP contribution >= 0.6 is 0 Å². The molecule has 24 heavy (non-hydrogen) atoms. The molecule has 0 aromatic carbocycles. The van der Waals surface area contributed by atoms with Crippen LogP contribution in [0.5, 0.6) is 5.88 Å². The van der Waals surface area contributed by atoms with Crippen molar-refractivity contribution >= 4 is 11.9 Å². The molecule has 0 radical (unpaired) electrons. The molecule has 0 saturated carbocycles.